The number of rotatable bonds is 5. The molecule has 1 atom stereocenters. The molecule has 7 heteroatoms. The first kappa shape index (κ1) is 15.0. The maximum atomic E-state index is 11.0. The zero-order valence-electron chi connectivity index (χ0n) is 11.4. The van der Waals surface area contributed by atoms with Crippen LogP contribution in [0, 0.1) is 24.0 Å². The summed E-state index contributed by atoms with van der Waals surface area (Å²) in [5.74, 6) is -0.943. The Labute approximate surface area is 111 Å². The van der Waals surface area contributed by atoms with E-state index in [0.29, 0.717) is 16.8 Å². The predicted molar refractivity (Wildman–Crippen MR) is 68.9 cm³/mol. The van der Waals surface area contributed by atoms with Gasteiger partial charge in [0.25, 0.3) is 5.69 Å². The monoisotopic (exact) mass is 267 g/mol. The summed E-state index contributed by atoms with van der Waals surface area (Å²) in [5.41, 5.74) is 1.55. The average molecular weight is 267 g/mol. The highest BCUT2D eigenvalue weighted by Crippen LogP contribution is 2.24. The van der Waals surface area contributed by atoms with Crippen molar-refractivity contribution in [2.24, 2.45) is 0 Å². The normalized spacial score (nSPS) is 12.5. The Bertz CT molecular complexity index is 516. The third-order valence-electron chi connectivity index (χ3n) is 3.18. The minimum Gasteiger partial charge on any atom is -0.480 e. The molecular formula is C12H17N3O4. The van der Waals surface area contributed by atoms with Crippen LogP contribution in [0.4, 0.5) is 5.69 Å². The van der Waals surface area contributed by atoms with Crippen LogP contribution in [0.5, 0.6) is 0 Å². The molecule has 0 bridgehead atoms. The van der Waals surface area contributed by atoms with Gasteiger partial charge in [0.2, 0.25) is 0 Å². The van der Waals surface area contributed by atoms with Gasteiger partial charge in [-0.25, -0.2) is 0 Å². The van der Waals surface area contributed by atoms with E-state index in [1.165, 1.54) is 6.20 Å². The fourth-order valence-electron chi connectivity index (χ4n) is 1.77. The van der Waals surface area contributed by atoms with Gasteiger partial charge in [-0.05, 0) is 27.8 Å². The van der Waals surface area contributed by atoms with Crippen LogP contribution in [0.3, 0.4) is 0 Å². The first-order valence-corrected chi connectivity index (χ1v) is 5.78. The van der Waals surface area contributed by atoms with Gasteiger partial charge >= 0.3 is 5.97 Å². The molecule has 0 aliphatic carbocycles. The number of aliphatic carboxylic acids is 1. The standard InChI is InChI=1S/C12H17N3O4/c1-7-5-13-10(8(2)11(7)15(18)19)6-14(4)9(3)12(16)17/h5,9H,6H2,1-4H3,(H,16,17). The highest BCUT2D eigenvalue weighted by molar-refractivity contribution is 5.72. The van der Waals surface area contributed by atoms with E-state index in [9.17, 15) is 14.9 Å². The maximum absolute atomic E-state index is 11.0. The molecule has 0 aromatic carbocycles. The largest absolute Gasteiger partial charge is 0.480 e. The zero-order valence-corrected chi connectivity index (χ0v) is 11.4. The molecule has 0 spiro atoms. The summed E-state index contributed by atoms with van der Waals surface area (Å²) in [7, 11) is 1.64. The topological polar surface area (TPSA) is 96.6 Å². The fraction of sp³-hybridized carbons (Fsp3) is 0.500. The van der Waals surface area contributed by atoms with Gasteiger partial charge in [0.15, 0.2) is 0 Å². The van der Waals surface area contributed by atoms with Crippen LogP contribution < -0.4 is 0 Å². The number of nitrogens with zero attached hydrogens (tertiary/aromatic N) is 3. The van der Waals surface area contributed by atoms with E-state index in [1.54, 1.807) is 32.7 Å². The van der Waals surface area contributed by atoms with Crippen LogP contribution in [0.1, 0.15) is 23.7 Å². The van der Waals surface area contributed by atoms with Gasteiger partial charge in [-0.1, -0.05) is 0 Å². The third kappa shape index (κ3) is 3.25. The smallest absolute Gasteiger partial charge is 0.320 e. The number of aromatic nitrogens is 1. The van der Waals surface area contributed by atoms with E-state index in [2.05, 4.69) is 4.98 Å². The number of carboxylic acid groups (broad SMARTS) is 1. The summed E-state index contributed by atoms with van der Waals surface area (Å²) < 4.78 is 0. The van der Waals surface area contributed by atoms with Gasteiger partial charge < -0.3 is 5.11 Å². The zero-order chi connectivity index (χ0) is 14.7. The summed E-state index contributed by atoms with van der Waals surface area (Å²) in [6.45, 7) is 5.07. The van der Waals surface area contributed by atoms with Gasteiger partial charge in [-0.15, -0.1) is 0 Å². The Morgan fingerprint density at radius 1 is 1.58 bits per heavy atom. The molecule has 0 aliphatic heterocycles. The Morgan fingerprint density at radius 2 is 2.16 bits per heavy atom. The number of aryl methyl sites for hydroxylation is 1. The lowest BCUT2D eigenvalue weighted by molar-refractivity contribution is -0.386. The molecule has 1 rings (SSSR count). The number of nitro groups is 1. The summed E-state index contributed by atoms with van der Waals surface area (Å²) in [5, 5.41) is 19.9. The number of hydrogen-bond donors (Lipinski definition) is 1. The van der Waals surface area contributed by atoms with Gasteiger partial charge in [-0.2, -0.15) is 0 Å². The summed E-state index contributed by atoms with van der Waals surface area (Å²) in [4.78, 5) is 27.2. The first-order valence-electron chi connectivity index (χ1n) is 5.78. The van der Waals surface area contributed by atoms with Crippen LogP contribution in [0.25, 0.3) is 0 Å². The Kier molecular flexibility index (Phi) is 4.55. The molecule has 1 unspecified atom stereocenters. The number of pyridine rings is 1. The quantitative estimate of drug-likeness (QED) is 0.641. The van der Waals surface area contributed by atoms with Crippen LogP contribution in [-0.2, 0) is 11.3 Å². The van der Waals surface area contributed by atoms with Crippen molar-refractivity contribution < 1.29 is 14.8 Å². The molecule has 1 aromatic rings. The summed E-state index contributed by atoms with van der Waals surface area (Å²) in [6, 6.07) is -0.679. The van der Waals surface area contributed by atoms with E-state index >= 15 is 0 Å². The highest BCUT2D eigenvalue weighted by Gasteiger charge is 2.22. The molecular weight excluding hydrogens is 250 g/mol. The molecule has 104 valence electrons. The van der Waals surface area contributed by atoms with Crippen molar-refractivity contribution >= 4 is 11.7 Å². The molecule has 0 saturated carbocycles. The minimum absolute atomic E-state index is 0.0429. The molecule has 1 N–H and O–H groups in total. The van der Waals surface area contributed by atoms with Gasteiger partial charge in [0.05, 0.1) is 10.6 Å². The molecule has 0 saturated heterocycles. The number of likely N-dealkylation sites (N-methyl/N-ethyl adjacent to an activating group) is 1. The molecule has 0 fully saturated rings. The lowest BCUT2D eigenvalue weighted by Crippen LogP contribution is -2.35. The van der Waals surface area contributed by atoms with Crippen molar-refractivity contribution in [2.75, 3.05) is 7.05 Å². The fourth-order valence-corrected chi connectivity index (χ4v) is 1.77. The second-order valence-corrected chi connectivity index (χ2v) is 4.55. The Morgan fingerprint density at radius 3 is 2.63 bits per heavy atom. The van der Waals surface area contributed by atoms with Crippen LogP contribution >= 0.6 is 0 Å². The van der Waals surface area contributed by atoms with E-state index in [4.69, 9.17) is 5.11 Å². The average Bonchev–Trinajstić information content (AvgIpc) is 2.31. The number of carboxylic acids is 1. The van der Waals surface area contributed by atoms with Gasteiger partial charge in [0.1, 0.15) is 6.04 Å². The first-order chi connectivity index (χ1) is 8.75. The maximum Gasteiger partial charge on any atom is 0.320 e. The SMILES string of the molecule is Cc1cnc(CN(C)C(C)C(=O)O)c(C)c1[N+](=O)[O-]. The van der Waals surface area contributed by atoms with Crippen molar-refractivity contribution in [3.63, 3.8) is 0 Å². The molecule has 1 aromatic heterocycles. The van der Waals surface area contributed by atoms with Crippen molar-refractivity contribution in [3.05, 3.63) is 33.1 Å². The van der Waals surface area contributed by atoms with E-state index in [0.717, 1.165) is 0 Å². The Hall–Kier alpha value is -2.02. The minimum atomic E-state index is -0.943. The van der Waals surface area contributed by atoms with Crippen LogP contribution in [-0.4, -0.2) is 39.0 Å². The van der Waals surface area contributed by atoms with E-state index in [1.807, 2.05) is 0 Å². The Balaban J connectivity index is 3.07. The van der Waals surface area contributed by atoms with Crippen LogP contribution in [0.2, 0.25) is 0 Å². The van der Waals surface area contributed by atoms with Gasteiger partial charge in [-0.3, -0.25) is 24.8 Å². The summed E-state index contributed by atoms with van der Waals surface area (Å²) >= 11 is 0. The van der Waals surface area contributed by atoms with E-state index in [-0.39, 0.29) is 12.2 Å². The second-order valence-electron chi connectivity index (χ2n) is 4.55. The molecule has 1 heterocycles. The predicted octanol–water partition coefficient (Wildman–Crippen LogP) is 1.51. The van der Waals surface area contributed by atoms with Crippen molar-refractivity contribution in [3.8, 4) is 0 Å². The molecule has 0 amide bonds. The van der Waals surface area contributed by atoms with Gasteiger partial charge in [0, 0.05) is 23.9 Å². The summed E-state index contributed by atoms with van der Waals surface area (Å²) in [6.07, 6.45) is 1.44. The number of carbonyl (C=O) groups is 1. The third-order valence-corrected chi connectivity index (χ3v) is 3.18. The van der Waals surface area contributed by atoms with Crippen LogP contribution in [0.15, 0.2) is 6.20 Å². The lowest BCUT2D eigenvalue weighted by Gasteiger charge is -2.21. The van der Waals surface area contributed by atoms with Crippen molar-refractivity contribution in [1.29, 1.82) is 0 Å². The lowest BCUT2D eigenvalue weighted by atomic mass is 10.1. The molecule has 0 radical (unpaired) electrons. The molecule has 7 nitrogen and oxygen atoms in total. The van der Waals surface area contributed by atoms with Crippen molar-refractivity contribution in [2.45, 2.75) is 33.4 Å². The molecule has 0 aliphatic rings. The highest BCUT2D eigenvalue weighted by atomic mass is 16.6. The number of hydrogen-bond acceptors (Lipinski definition) is 5. The molecule has 19 heavy (non-hydrogen) atoms. The van der Waals surface area contributed by atoms with Crippen molar-refractivity contribution in [1.82, 2.24) is 9.88 Å². The second kappa shape index (κ2) is 5.75. The van der Waals surface area contributed by atoms with E-state index < -0.39 is 16.9 Å².